The predicted octanol–water partition coefficient (Wildman–Crippen LogP) is 1.49. The Bertz CT molecular complexity index is 154. The first-order valence-electron chi connectivity index (χ1n) is 5.14. The van der Waals surface area contributed by atoms with Crippen LogP contribution in [0.2, 0.25) is 0 Å². The van der Waals surface area contributed by atoms with Crippen LogP contribution >= 0.6 is 0 Å². The number of alkyl halides is 1. The third kappa shape index (κ3) is 2.92. The monoisotopic (exact) mass is 189 g/mol. The molecule has 2 N–H and O–H groups in total. The van der Waals surface area contributed by atoms with Crippen molar-refractivity contribution in [2.45, 2.75) is 38.1 Å². The van der Waals surface area contributed by atoms with Gasteiger partial charge >= 0.3 is 0 Å². The second-order valence-corrected chi connectivity index (χ2v) is 4.26. The molecule has 0 bridgehead atoms. The Hall–Kier alpha value is -0.150. The highest BCUT2D eigenvalue weighted by Gasteiger charge is 2.33. The molecule has 1 saturated carbocycles. The Balaban J connectivity index is 2.46. The van der Waals surface area contributed by atoms with Crippen molar-refractivity contribution >= 4 is 0 Å². The van der Waals surface area contributed by atoms with E-state index >= 15 is 0 Å². The van der Waals surface area contributed by atoms with E-state index in [0.717, 1.165) is 19.3 Å². The molecule has 3 heteroatoms. The fraction of sp³-hybridized carbons (Fsp3) is 1.00. The Morgan fingerprint density at radius 2 is 2.38 bits per heavy atom. The minimum absolute atomic E-state index is 0.136. The number of aliphatic hydroxyl groups excluding tert-OH is 1. The third-order valence-corrected chi connectivity index (χ3v) is 2.99. The zero-order valence-electron chi connectivity index (χ0n) is 8.35. The van der Waals surface area contributed by atoms with E-state index < -0.39 is 0 Å². The molecule has 0 saturated heterocycles. The van der Waals surface area contributed by atoms with E-state index in [0.29, 0.717) is 12.5 Å². The van der Waals surface area contributed by atoms with Gasteiger partial charge in [0.2, 0.25) is 0 Å². The van der Waals surface area contributed by atoms with Gasteiger partial charge < -0.3 is 10.4 Å². The van der Waals surface area contributed by atoms with Crippen LogP contribution in [-0.2, 0) is 0 Å². The van der Waals surface area contributed by atoms with Crippen LogP contribution in [0.5, 0.6) is 0 Å². The average Bonchev–Trinajstić information content (AvgIpc) is 2.15. The standard InChI is InChI=1S/C10H20FNO/c1-9-3-2-4-10(7-9,8-13)12-6-5-11/h9,12-13H,2-8H2,1H3. The van der Waals surface area contributed by atoms with Crippen molar-refractivity contribution in [2.24, 2.45) is 5.92 Å². The Labute approximate surface area is 79.5 Å². The molecule has 2 nitrogen and oxygen atoms in total. The zero-order valence-corrected chi connectivity index (χ0v) is 8.35. The summed E-state index contributed by atoms with van der Waals surface area (Å²) in [6, 6.07) is 0. The third-order valence-electron chi connectivity index (χ3n) is 2.99. The van der Waals surface area contributed by atoms with Crippen LogP contribution in [0, 0.1) is 5.92 Å². The molecule has 0 aromatic carbocycles. The smallest absolute Gasteiger partial charge is 0.102 e. The fourth-order valence-corrected chi connectivity index (χ4v) is 2.33. The molecule has 13 heavy (non-hydrogen) atoms. The van der Waals surface area contributed by atoms with Crippen LogP contribution in [0.15, 0.2) is 0 Å². The molecule has 0 radical (unpaired) electrons. The minimum Gasteiger partial charge on any atom is -0.394 e. The summed E-state index contributed by atoms with van der Waals surface area (Å²) in [6.45, 7) is 2.35. The van der Waals surface area contributed by atoms with Gasteiger partial charge in [0, 0.05) is 12.1 Å². The van der Waals surface area contributed by atoms with E-state index in [-0.39, 0.29) is 18.8 Å². The van der Waals surface area contributed by atoms with E-state index in [2.05, 4.69) is 12.2 Å². The molecule has 0 heterocycles. The van der Waals surface area contributed by atoms with Gasteiger partial charge in [-0.05, 0) is 18.8 Å². The molecule has 2 atom stereocenters. The van der Waals surface area contributed by atoms with Crippen molar-refractivity contribution in [1.29, 1.82) is 0 Å². The van der Waals surface area contributed by atoms with Crippen LogP contribution in [0.4, 0.5) is 4.39 Å². The number of aliphatic hydroxyl groups is 1. The van der Waals surface area contributed by atoms with Gasteiger partial charge in [-0.3, -0.25) is 0 Å². The number of hydrogen-bond donors (Lipinski definition) is 2. The molecule has 0 amide bonds. The molecule has 1 rings (SSSR count). The highest BCUT2D eigenvalue weighted by Crippen LogP contribution is 2.31. The molecule has 1 aliphatic rings. The molecular formula is C10H20FNO. The van der Waals surface area contributed by atoms with Crippen molar-refractivity contribution in [2.75, 3.05) is 19.8 Å². The Kier molecular flexibility index (Phi) is 4.13. The minimum atomic E-state index is -0.351. The summed E-state index contributed by atoms with van der Waals surface area (Å²) < 4.78 is 12.0. The normalized spacial score (nSPS) is 34.8. The SMILES string of the molecule is CC1CCCC(CO)(NCCF)C1. The summed E-state index contributed by atoms with van der Waals surface area (Å²) in [4.78, 5) is 0. The van der Waals surface area contributed by atoms with Crippen LogP contribution in [0.3, 0.4) is 0 Å². The van der Waals surface area contributed by atoms with Crippen LogP contribution < -0.4 is 5.32 Å². The number of rotatable bonds is 4. The van der Waals surface area contributed by atoms with Gasteiger partial charge in [-0.2, -0.15) is 0 Å². The van der Waals surface area contributed by atoms with Crippen molar-refractivity contribution in [1.82, 2.24) is 5.32 Å². The molecule has 2 unspecified atom stereocenters. The zero-order chi connectivity index (χ0) is 9.73. The van der Waals surface area contributed by atoms with Gasteiger partial charge in [-0.1, -0.05) is 19.8 Å². The summed E-state index contributed by atoms with van der Waals surface area (Å²) in [6.07, 6.45) is 4.33. The van der Waals surface area contributed by atoms with E-state index in [1.54, 1.807) is 0 Å². The van der Waals surface area contributed by atoms with Gasteiger partial charge in [0.25, 0.3) is 0 Å². The molecule has 1 aliphatic carbocycles. The second kappa shape index (κ2) is 4.91. The van der Waals surface area contributed by atoms with Crippen molar-refractivity contribution in [3.63, 3.8) is 0 Å². The summed E-state index contributed by atoms with van der Waals surface area (Å²) in [5.74, 6) is 0.646. The van der Waals surface area contributed by atoms with Crippen LogP contribution in [0.1, 0.15) is 32.6 Å². The van der Waals surface area contributed by atoms with E-state index in [9.17, 15) is 9.50 Å². The Morgan fingerprint density at radius 1 is 1.62 bits per heavy atom. The van der Waals surface area contributed by atoms with Crippen molar-refractivity contribution in [3.05, 3.63) is 0 Å². The predicted molar refractivity (Wildman–Crippen MR) is 51.4 cm³/mol. The molecule has 0 spiro atoms. The average molecular weight is 189 g/mol. The first-order valence-corrected chi connectivity index (χ1v) is 5.14. The van der Waals surface area contributed by atoms with Gasteiger partial charge in [0.05, 0.1) is 6.61 Å². The number of nitrogens with one attached hydrogen (secondary N) is 1. The van der Waals surface area contributed by atoms with Crippen molar-refractivity contribution < 1.29 is 9.50 Å². The molecule has 0 aromatic rings. The fourth-order valence-electron chi connectivity index (χ4n) is 2.33. The largest absolute Gasteiger partial charge is 0.394 e. The maximum absolute atomic E-state index is 12.0. The van der Waals surface area contributed by atoms with Gasteiger partial charge in [0.1, 0.15) is 6.67 Å². The van der Waals surface area contributed by atoms with E-state index in [1.807, 2.05) is 0 Å². The lowest BCUT2D eigenvalue weighted by molar-refractivity contribution is 0.0983. The lowest BCUT2D eigenvalue weighted by atomic mass is 9.77. The molecule has 78 valence electrons. The maximum Gasteiger partial charge on any atom is 0.102 e. The van der Waals surface area contributed by atoms with Crippen LogP contribution in [-0.4, -0.2) is 30.5 Å². The number of hydrogen-bond acceptors (Lipinski definition) is 2. The quantitative estimate of drug-likeness (QED) is 0.702. The lowest BCUT2D eigenvalue weighted by Gasteiger charge is -2.39. The highest BCUT2D eigenvalue weighted by atomic mass is 19.1. The Morgan fingerprint density at radius 3 is 2.92 bits per heavy atom. The molecule has 0 aromatic heterocycles. The van der Waals surface area contributed by atoms with Gasteiger partial charge in [0.15, 0.2) is 0 Å². The van der Waals surface area contributed by atoms with Gasteiger partial charge in [-0.25, -0.2) is 4.39 Å². The molecule has 0 aliphatic heterocycles. The lowest BCUT2D eigenvalue weighted by Crippen LogP contribution is -2.52. The summed E-state index contributed by atoms with van der Waals surface area (Å²) >= 11 is 0. The van der Waals surface area contributed by atoms with Gasteiger partial charge in [-0.15, -0.1) is 0 Å². The summed E-state index contributed by atoms with van der Waals surface area (Å²) in [5.41, 5.74) is -0.191. The molecule has 1 fully saturated rings. The number of halogens is 1. The van der Waals surface area contributed by atoms with Crippen molar-refractivity contribution in [3.8, 4) is 0 Å². The van der Waals surface area contributed by atoms with Crippen LogP contribution in [0.25, 0.3) is 0 Å². The first kappa shape index (κ1) is 10.9. The highest BCUT2D eigenvalue weighted by molar-refractivity contribution is 4.92. The summed E-state index contributed by atoms with van der Waals surface area (Å²) in [7, 11) is 0. The summed E-state index contributed by atoms with van der Waals surface area (Å²) in [5, 5.41) is 12.4. The maximum atomic E-state index is 12.0. The topological polar surface area (TPSA) is 32.3 Å². The first-order chi connectivity index (χ1) is 6.22. The second-order valence-electron chi connectivity index (χ2n) is 4.26. The molecular weight excluding hydrogens is 169 g/mol. The van der Waals surface area contributed by atoms with E-state index in [4.69, 9.17) is 0 Å². The van der Waals surface area contributed by atoms with E-state index in [1.165, 1.54) is 6.42 Å².